The first-order valence-corrected chi connectivity index (χ1v) is 10.5. The topological polar surface area (TPSA) is 61.4 Å². The van der Waals surface area contributed by atoms with Gasteiger partial charge in [-0.2, -0.15) is 0 Å². The molecule has 1 fully saturated rings. The predicted molar refractivity (Wildman–Crippen MR) is 109 cm³/mol. The average Bonchev–Trinajstić information content (AvgIpc) is 3.23. The van der Waals surface area contributed by atoms with Crippen molar-refractivity contribution in [1.82, 2.24) is 15.5 Å². The lowest BCUT2D eigenvalue weighted by Crippen LogP contribution is -2.46. The molecule has 1 aliphatic heterocycles. The van der Waals surface area contributed by atoms with Crippen molar-refractivity contribution in [1.29, 1.82) is 0 Å². The zero-order chi connectivity index (χ0) is 18.9. The smallest absolute Gasteiger partial charge is 0.261 e. The lowest BCUT2D eigenvalue weighted by molar-refractivity contribution is -0.121. The van der Waals surface area contributed by atoms with Gasteiger partial charge in [-0.3, -0.25) is 14.5 Å². The van der Waals surface area contributed by atoms with Crippen LogP contribution in [0.2, 0.25) is 0 Å². The molecule has 5 nitrogen and oxygen atoms in total. The van der Waals surface area contributed by atoms with E-state index in [2.05, 4.69) is 39.8 Å². The molecule has 0 radical (unpaired) electrons. The fourth-order valence-electron chi connectivity index (χ4n) is 3.42. The Morgan fingerprint density at radius 2 is 1.93 bits per heavy atom. The van der Waals surface area contributed by atoms with Crippen molar-refractivity contribution in [2.45, 2.75) is 38.3 Å². The molecule has 1 atom stereocenters. The average molecular weight is 386 g/mol. The van der Waals surface area contributed by atoms with Crippen LogP contribution in [0.4, 0.5) is 0 Å². The van der Waals surface area contributed by atoms with Crippen LogP contribution in [0.1, 0.15) is 40.9 Å². The van der Waals surface area contributed by atoms with E-state index in [1.807, 2.05) is 17.5 Å². The molecule has 1 unspecified atom stereocenters. The van der Waals surface area contributed by atoms with E-state index in [1.54, 1.807) is 6.07 Å². The van der Waals surface area contributed by atoms with Gasteiger partial charge in [0.15, 0.2) is 0 Å². The number of benzene rings is 1. The van der Waals surface area contributed by atoms with Gasteiger partial charge in [-0.1, -0.05) is 42.8 Å². The maximum atomic E-state index is 12.1. The molecule has 0 aliphatic carbocycles. The zero-order valence-electron chi connectivity index (χ0n) is 15.5. The van der Waals surface area contributed by atoms with Gasteiger partial charge in [0.1, 0.15) is 0 Å². The molecule has 1 saturated heterocycles. The third-order valence-corrected chi connectivity index (χ3v) is 5.76. The van der Waals surface area contributed by atoms with E-state index in [4.69, 9.17) is 0 Å². The monoisotopic (exact) mass is 385 g/mol. The van der Waals surface area contributed by atoms with E-state index in [0.29, 0.717) is 30.4 Å². The van der Waals surface area contributed by atoms with E-state index in [-0.39, 0.29) is 11.8 Å². The number of thiophene rings is 1. The quantitative estimate of drug-likeness (QED) is 0.734. The highest BCUT2D eigenvalue weighted by atomic mass is 32.1. The largest absolute Gasteiger partial charge is 0.354 e. The first-order chi connectivity index (χ1) is 13.2. The van der Waals surface area contributed by atoms with Gasteiger partial charge in [0.2, 0.25) is 5.91 Å². The van der Waals surface area contributed by atoms with Crippen LogP contribution in [0.3, 0.4) is 0 Å². The van der Waals surface area contributed by atoms with E-state index < -0.39 is 0 Å². The third kappa shape index (κ3) is 6.19. The van der Waals surface area contributed by atoms with Crippen LogP contribution in [0.25, 0.3) is 0 Å². The van der Waals surface area contributed by atoms with Crippen molar-refractivity contribution in [3.8, 4) is 0 Å². The summed E-state index contributed by atoms with van der Waals surface area (Å²) in [5.41, 5.74) is 1.31. The molecule has 27 heavy (non-hydrogen) atoms. The summed E-state index contributed by atoms with van der Waals surface area (Å²) in [5, 5.41) is 7.71. The Labute approximate surface area is 164 Å². The summed E-state index contributed by atoms with van der Waals surface area (Å²) >= 11 is 1.40. The molecule has 2 amide bonds. The van der Waals surface area contributed by atoms with Crippen molar-refractivity contribution < 1.29 is 9.59 Å². The summed E-state index contributed by atoms with van der Waals surface area (Å²) in [6.45, 7) is 3.04. The number of nitrogens with zero attached hydrogens (tertiary/aromatic N) is 1. The molecule has 1 aromatic heterocycles. The molecule has 0 bridgehead atoms. The molecule has 144 valence electrons. The molecule has 2 aromatic rings. The maximum Gasteiger partial charge on any atom is 0.261 e. The number of rotatable bonds is 8. The molecule has 0 spiro atoms. The number of carbonyl (C=O) groups excluding carboxylic acids is 2. The lowest BCUT2D eigenvalue weighted by atomic mass is 10.0. The van der Waals surface area contributed by atoms with E-state index in [0.717, 1.165) is 19.5 Å². The molecular weight excluding hydrogens is 358 g/mol. The summed E-state index contributed by atoms with van der Waals surface area (Å²) in [4.78, 5) is 27.2. The highest BCUT2D eigenvalue weighted by molar-refractivity contribution is 7.12. The van der Waals surface area contributed by atoms with Gasteiger partial charge in [-0.05, 0) is 36.4 Å². The summed E-state index contributed by atoms with van der Waals surface area (Å²) < 4.78 is 0. The Balaban J connectivity index is 1.39. The van der Waals surface area contributed by atoms with Crippen molar-refractivity contribution in [2.24, 2.45) is 0 Å². The summed E-state index contributed by atoms with van der Waals surface area (Å²) in [5.74, 6) is -0.120. The van der Waals surface area contributed by atoms with Crippen molar-refractivity contribution in [2.75, 3.05) is 19.6 Å². The second kappa shape index (κ2) is 10.2. The summed E-state index contributed by atoms with van der Waals surface area (Å²) in [6, 6.07) is 14.5. The number of likely N-dealkylation sites (tertiary alicyclic amines) is 1. The van der Waals surface area contributed by atoms with Gasteiger partial charge >= 0.3 is 0 Å². The van der Waals surface area contributed by atoms with Crippen LogP contribution >= 0.6 is 11.3 Å². The van der Waals surface area contributed by atoms with Crippen LogP contribution in [-0.2, 0) is 11.3 Å². The molecule has 0 saturated carbocycles. The Bertz CT molecular complexity index is 718. The normalized spacial score (nSPS) is 17.4. The Kier molecular flexibility index (Phi) is 7.42. The minimum Gasteiger partial charge on any atom is -0.354 e. The third-order valence-electron chi connectivity index (χ3n) is 4.90. The molecule has 2 N–H and O–H groups in total. The molecular formula is C21H27N3O2S. The highest BCUT2D eigenvalue weighted by Gasteiger charge is 2.22. The fraction of sp³-hybridized carbons (Fsp3) is 0.429. The maximum absolute atomic E-state index is 12.1. The zero-order valence-corrected chi connectivity index (χ0v) is 16.3. The fourth-order valence-corrected chi connectivity index (χ4v) is 4.06. The molecule has 3 rings (SSSR count). The standard InChI is InChI=1S/C21H27N3O2S/c25-20(11-12-22-21(26)19-10-6-14-27-19)23-15-18-9-4-5-13-24(18)16-17-7-2-1-3-8-17/h1-3,6-8,10,14,18H,4-5,9,11-13,15-16H2,(H,22,26)(H,23,25). The highest BCUT2D eigenvalue weighted by Crippen LogP contribution is 2.19. The number of hydrogen-bond donors (Lipinski definition) is 2. The summed E-state index contributed by atoms with van der Waals surface area (Å²) in [6.07, 6.45) is 3.85. The minimum absolute atomic E-state index is 0.00767. The second-order valence-electron chi connectivity index (χ2n) is 6.89. The lowest BCUT2D eigenvalue weighted by Gasteiger charge is -2.36. The van der Waals surface area contributed by atoms with Gasteiger partial charge < -0.3 is 10.6 Å². The number of nitrogens with one attached hydrogen (secondary N) is 2. The van der Waals surface area contributed by atoms with Gasteiger partial charge in [0, 0.05) is 32.1 Å². The van der Waals surface area contributed by atoms with E-state index >= 15 is 0 Å². The Morgan fingerprint density at radius 3 is 2.70 bits per heavy atom. The SMILES string of the molecule is O=C(CCNC(=O)c1cccs1)NCC1CCCCN1Cc1ccccc1. The first-order valence-electron chi connectivity index (χ1n) is 9.59. The van der Waals surface area contributed by atoms with Crippen molar-refractivity contribution >= 4 is 23.2 Å². The first kappa shape index (κ1) is 19.6. The van der Waals surface area contributed by atoms with Gasteiger partial charge in [0.05, 0.1) is 4.88 Å². The van der Waals surface area contributed by atoms with Crippen molar-refractivity contribution in [3.63, 3.8) is 0 Å². The molecule has 1 aliphatic rings. The number of carbonyl (C=O) groups is 2. The van der Waals surface area contributed by atoms with Crippen LogP contribution in [0.15, 0.2) is 47.8 Å². The van der Waals surface area contributed by atoms with E-state index in [9.17, 15) is 9.59 Å². The van der Waals surface area contributed by atoms with Crippen LogP contribution < -0.4 is 10.6 Å². The van der Waals surface area contributed by atoms with Gasteiger partial charge in [0.25, 0.3) is 5.91 Å². The Morgan fingerprint density at radius 1 is 1.07 bits per heavy atom. The van der Waals surface area contributed by atoms with Gasteiger partial charge in [-0.25, -0.2) is 0 Å². The van der Waals surface area contributed by atoms with Crippen LogP contribution in [0, 0.1) is 0 Å². The van der Waals surface area contributed by atoms with Gasteiger partial charge in [-0.15, -0.1) is 11.3 Å². The molecule has 1 aromatic carbocycles. The minimum atomic E-state index is -0.112. The predicted octanol–water partition coefficient (Wildman–Crippen LogP) is 3.04. The second-order valence-corrected chi connectivity index (χ2v) is 7.84. The Hall–Kier alpha value is -2.18. The van der Waals surface area contributed by atoms with Crippen molar-refractivity contribution in [3.05, 3.63) is 58.3 Å². The number of amides is 2. The number of piperidine rings is 1. The number of hydrogen-bond acceptors (Lipinski definition) is 4. The van der Waals surface area contributed by atoms with Crippen LogP contribution in [-0.4, -0.2) is 42.4 Å². The van der Waals surface area contributed by atoms with E-state index in [1.165, 1.54) is 29.7 Å². The van der Waals surface area contributed by atoms with Crippen LogP contribution in [0.5, 0.6) is 0 Å². The molecule has 2 heterocycles. The summed E-state index contributed by atoms with van der Waals surface area (Å²) in [7, 11) is 0. The molecule has 6 heteroatoms.